The number of halogens is 1. The van der Waals surface area contributed by atoms with Gasteiger partial charge in [0.2, 0.25) is 0 Å². The number of benzene rings is 1. The average Bonchev–Trinajstić information content (AvgIpc) is 2.91. The Bertz CT molecular complexity index is 565. The molecule has 0 aliphatic carbocycles. The molecule has 6 nitrogen and oxygen atoms in total. The zero-order valence-corrected chi connectivity index (χ0v) is 14.4. The lowest BCUT2D eigenvalue weighted by molar-refractivity contribution is -0.119. The third-order valence-electron chi connectivity index (χ3n) is 4.79. The Morgan fingerprint density at radius 1 is 1.12 bits per heavy atom. The maximum atomic E-state index is 12.6. The van der Waals surface area contributed by atoms with Crippen LogP contribution in [-0.2, 0) is 4.79 Å². The van der Waals surface area contributed by atoms with Crippen molar-refractivity contribution in [3.8, 4) is 5.75 Å². The number of rotatable bonds is 4. The number of carbonyl (C=O) groups excluding carboxylic acids is 2. The molecular formula is C17H24ClN3O3. The minimum atomic E-state index is -0.519. The van der Waals surface area contributed by atoms with E-state index < -0.39 is 5.91 Å². The number of hydrogen-bond acceptors (Lipinski definition) is 4. The SMILES string of the molecule is Cl.NC(=O)COc1ccc(C(=O)N2CC[C@@H]3CNC[C@@H]3CC2)cc1. The highest BCUT2D eigenvalue weighted by atomic mass is 35.5. The predicted octanol–water partition coefficient (Wildman–Crippen LogP) is 1.04. The van der Waals surface area contributed by atoms with Gasteiger partial charge in [-0.15, -0.1) is 12.4 Å². The average molecular weight is 354 g/mol. The Balaban J connectivity index is 0.00000208. The lowest BCUT2D eigenvalue weighted by Gasteiger charge is -2.21. The van der Waals surface area contributed by atoms with E-state index in [0.717, 1.165) is 39.0 Å². The summed E-state index contributed by atoms with van der Waals surface area (Å²) in [5.41, 5.74) is 5.69. The smallest absolute Gasteiger partial charge is 0.255 e. The van der Waals surface area contributed by atoms with Gasteiger partial charge in [-0.25, -0.2) is 0 Å². The summed E-state index contributed by atoms with van der Waals surface area (Å²) >= 11 is 0. The number of ether oxygens (including phenoxy) is 1. The summed E-state index contributed by atoms with van der Waals surface area (Å²) in [5.74, 6) is 1.50. The Hall–Kier alpha value is -1.79. The molecule has 3 rings (SSSR count). The van der Waals surface area contributed by atoms with Crippen LogP contribution in [0.3, 0.4) is 0 Å². The molecule has 2 aliphatic heterocycles. The molecule has 2 heterocycles. The van der Waals surface area contributed by atoms with Crippen LogP contribution in [-0.4, -0.2) is 49.5 Å². The second-order valence-electron chi connectivity index (χ2n) is 6.33. The largest absolute Gasteiger partial charge is 0.484 e. The molecule has 0 spiro atoms. The number of amides is 2. The van der Waals surface area contributed by atoms with Crippen molar-refractivity contribution < 1.29 is 14.3 Å². The summed E-state index contributed by atoms with van der Waals surface area (Å²) in [6.07, 6.45) is 2.15. The van der Waals surface area contributed by atoms with Gasteiger partial charge in [0.15, 0.2) is 6.61 Å². The molecule has 0 radical (unpaired) electrons. The lowest BCUT2D eigenvalue weighted by Crippen LogP contribution is -2.32. The highest BCUT2D eigenvalue weighted by Gasteiger charge is 2.31. The van der Waals surface area contributed by atoms with Crippen LogP contribution in [0.15, 0.2) is 24.3 Å². The predicted molar refractivity (Wildman–Crippen MR) is 93.4 cm³/mol. The van der Waals surface area contributed by atoms with Crippen molar-refractivity contribution in [2.45, 2.75) is 12.8 Å². The van der Waals surface area contributed by atoms with Gasteiger partial charge in [-0.2, -0.15) is 0 Å². The number of likely N-dealkylation sites (tertiary alicyclic amines) is 1. The molecule has 0 bridgehead atoms. The van der Waals surface area contributed by atoms with Gasteiger partial charge >= 0.3 is 0 Å². The first-order valence-electron chi connectivity index (χ1n) is 8.14. The van der Waals surface area contributed by atoms with Crippen LogP contribution in [0.2, 0.25) is 0 Å². The zero-order chi connectivity index (χ0) is 16.2. The van der Waals surface area contributed by atoms with Gasteiger partial charge in [0, 0.05) is 18.7 Å². The van der Waals surface area contributed by atoms with E-state index in [4.69, 9.17) is 10.5 Å². The van der Waals surface area contributed by atoms with Crippen LogP contribution in [0, 0.1) is 11.8 Å². The number of nitrogens with one attached hydrogen (secondary N) is 1. The van der Waals surface area contributed by atoms with E-state index >= 15 is 0 Å². The quantitative estimate of drug-likeness (QED) is 0.847. The van der Waals surface area contributed by atoms with Crippen molar-refractivity contribution in [3.63, 3.8) is 0 Å². The summed E-state index contributed by atoms with van der Waals surface area (Å²) < 4.78 is 5.21. The molecule has 2 fully saturated rings. The fraction of sp³-hybridized carbons (Fsp3) is 0.529. The maximum Gasteiger partial charge on any atom is 0.255 e. The summed E-state index contributed by atoms with van der Waals surface area (Å²) in [6, 6.07) is 6.89. The number of nitrogens with two attached hydrogens (primary N) is 1. The van der Waals surface area contributed by atoms with Crippen LogP contribution >= 0.6 is 12.4 Å². The van der Waals surface area contributed by atoms with Crippen molar-refractivity contribution in [1.29, 1.82) is 0 Å². The van der Waals surface area contributed by atoms with Gasteiger partial charge in [-0.1, -0.05) is 0 Å². The minimum Gasteiger partial charge on any atom is -0.484 e. The van der Waals surface area contributed by atoms with E-state index in [0.29, 0.717) is 23.1 Å². The first-order valence-corrected chi connectivity index (χ1v) is 8.14. The van der Waals surface area contributed by atoms with Crippen LogP contribution in [0.4, 0.5) is 0 Å². The van der Waals surface area contributed by atoms with Gasteiger partial charge in [-0.3, -0.25) is 9.59 Å². The molecule has 1 aromatic carbocycles. The molecule has 2 amide bonds. The third kappa shape index (κ3) is 4.39. The van der Waals surface area contributed by atoms with E-state index in [9.17, 15) is 9.59 Å². The topological polar surface area (TPSA) is 84.7 Å². The van der Waals surface area contributed by atoms with Crippen LogP contribution in [0.1, 0.15) is 23.2 Å². The van der Waals surface area contributed by atoms with E-state index in [-0.39, 0.29) is 24.9 Å². The second-order valence-corrected chi connectivity index (χ2v) is 6.33. The lowest BCUT2D eigenvalue weighted by atomic mass is 9.92. The number of carbonyl (C=O) groups is 2. The summed E-state index contributed by atoms with van der Waals surface area (Å²) in [4.78, 5) is 25.3. The minimum absolute atomic E-state index is 0. The van der Waals surface area contributed by atoms with Crippen molar-refractivity contribution in [2.24, 2.45) is 17.6 Å². The fourth-order valence-corrected chi connectivity index (χ4v) is 3.45. The number of nitrogens with zero attached hydrogens (tertiary/aromatic N) is 1. The van der Waals surface area contributed by atoms with E-state index in [1.165, 1.54) is 0 Å². The highest BCUT2D eigenvalue weighted by molar-refractivity contribution is 5.94. The Kier molecular flexibility index (Phi) is 6.45. The molecule has 0 unspecified atom stereocenters. The third-order valence-corrected chi connectivity index (χ3v) is 4.79. The molecule has 0 aromatic heterocycles. The zero-order valence-electron chi connectivity index (χ0n) is 13.6. The van der Waals surface area contributed by atoms with Crippen molar-refractivity contribution in [3.05, 3.63) is 29.8 Å². The first-order chi connectivity index (χ1) is 11.1. The van der Waals surface area contributed by atoms with Gasteiger partial charge in [0.25, 0.3) is 11.8 Å². The molecule has 0 saturated carbocycles. The van der Waals surface area contributed by atoms with E-state index in [2.05, 4.69) is 5.32 Å². The number of hydrogen-bond donors (Lipinski definition) is 2. The van der Waals surface area contributed by atoms with Crippen molar-refractivity contribution in [1.82, 2.24) is 10.2 Å². The monoisotopic (exact) mass is 353 g/mol. The maximum absolute atomic E-state index is 12.6. The van der Waals surface area contributed by atoms with Crippen LogP contribution in [0.25, 0.3) is 0 Å². The molecule has 2 atom stereocenters. The van der Waals surface area contributed by atoms with Crippen molar-refractivity contribution >= 4 is 24.2 Å². The second kappa shape index (κ2) is 8.35. The molecule has 7 heteroatoms. The Morgan fingerprint density at radius 2 is 1.71 bits per heavy atom. The summed E-state index contributed by atoms with van der Waals surface area (Å²) in [7, 11) is 0. The van der Waals surface area contributed by atoms with Gasteiger partial charge in [0.05, 0.1) is 0 Å². The van der Waals surface area contributed by atoms with Crippen LogP contribution in [0.5, 0.6) is 5.75 Å². The van der Waals surface area contributed by atoms with Crippen LogP contribution < -0.4 is 15.8 Å². The first kappa shape index (κ1) is 18.5. The molecule has 2 aliphatic rings. The molecule has 24 heavy (non-hydrogen) atoms. The summed E-state index contributed by atoms with van der Waals surface area (Å²) in [6.45, 7) is 3.65. The summed E-state index contributed by atoms with van der Waals surface area (Å²) in [5, 5.41) is 3.44. The normalized spacial score (nSPS) is 22.9. The number of fused-ring (bicyclic) bond motifs is 1. The Morgan fingerprint density at radius 3 is 2.25 bits per heavy atom. The fourth-order valence-electron chi connectivity index (χ4n) is 3.45. The molecule has 2 saturated heterocycles. The highest BCUT2D eigenvalue weighted by Crippen LogP contribution is 2.27. The number of primary amides is 1. The Labute approximate surface area is 148 Å². The van der Waals surface area contributed by atoms with Gasteiger partial charge in [-0.05, 0) is 62.0 Å². The molecule has 3 N–H and O–H groups in total. The van der Waals surface area contributed by atoms with Gasteiger partial charge < -0.3 is 20.7 Å². The molecule has 1 aromatic rings. The van der Waals surface area contributed by atoms with Crippen molar-refractivity contribution in [2.75, 3.05) is 32.8 Å². The van der Waals surface area contributed by atoms with Gasteiger partial charge in [0.1, 0.15) is 5.75 Å². The molecule has 132 valence electrons. The standard InChI is InChI=1S/C17H23N3O3.ClH/c18-16(21)11-23-15-3-1-12(2-4-15)17(22)20-7-5-13-9-19-10-14(13)6-8-20;/h1-4,13-14,19H,5-11H2,(H2,18,21);1H/t13-,14+;. The molecular weight excluding hydrogens is 330 g/mol. The van der Waals surface area contributed by atoms with E-state index in [1.807, 2.05) is 4.90 Å². The van der Waals surface area contributed by atoms with E-state index in [1.54, 1.807) is 24.3 Å².